The summed E-state index contributed by atoms with van der Waals surface area (Å²) in [6.07, 6.45) is 8.53. The maximum absolute atomic E-state index is 11.4. The summed E-state index contributed by atoms with van der Waals surface area (Å²) in [6.45, 7) is 5.82. The Morgan fingerprint density at radius 2 is 1.78 bits per heavy atom. The largest absolute Gasteiger partial charge is 0.466 e. The number of esters is 1. The molecule has 0 heterocycles. The molecule has 1 aliphatic rings. The van der Waals surface area contributed by atoms with Gasteiger partial charge in [0.1, 0.15) is 5.72 Å². The minimum atomic E-state index is -0.786. The Morgan fingerprint density at radius 3 is 2.41 bits per heavy atom. The highest BCUT2D eigenvalue weighted by Gasteiger charge is 2.50. The second-order valence-electron chi connectivity index (χ2n) is 7.75. The van der Waals surface area contributed by atoms with E-state index in [1.807, 2.05) is 14.0 Å². The normalized spacial score (nSPS) is 25.3. The van der Waals surface area contributed by atoms with E-state index in [-0.39, 0.29) is 5.97 Å². The summed E-state index contributed by atoms with van der Waals surface area (Å²) >= 11 is 0. The molecule has 0 saturated heterocycles. The molecule has 6 heteroatoms. The maximum atomic E-state index is 11.4. The number of hydrogen-bond acceptors (Lipinski definition) is 6. The van der Waals surface area contributed by atoms with E-state index in [0.717, 1.165) is 38.6 Å². The third kappa shape index (κ3) is 8.46. The van der Waals surface area contributed by atoms with Gasteiger partial charge >= 0.3 is 5.97 Å². The van der Waals surface area contributed by atoms with Crippen molar-refractivity contribution < 1.29 is 24.5 Å². The smallest absolute Gasteiger partial charge is 0.305 e. The van der Waals surface area contributed by atoms with Crippen LogP contribution in [0.4, 0.5) is 0 Å². The molecule has 1 rings (SSSR count). The minimum Gasteiger partial charge on any atom is -0.466 e. The van der Waals surface area contributed by atoms with Gasteiger partial charge in [0.15, 0.2) is 0 Å². The van der Waals surface area contributed by atoms with Gasteiger partial charge in [0.05, 0.1) is 18.8 Å². The number of likely N-dealkylation sites (N-methyl/N-ethyl adjacent to an activating group) is 1. The number of ether oxygens (including phenoxy) is 2. The number of aliphatic hydroxyl groups is 2. The van der Waals surface area contributed by atoms with Crippen molar-refractivity contribution in [1.29, 1.82) is 0 Å². The monoisotopic (exact) mass is 387 g/mol. The summed E-state index contributed by atoms with van der Waals surface area (Å²) in [7, 11) is 1.96. The van der Waals surface area contributed by atoms with E-state index in [2.05, 4.69) is 11.8 Å². The van der Waals surface area contributed by atoms with Crippen LogP contribution in [0.5, 0.6) is 0 Å². The van der Waals surface area contributed by atoms with Gasteiger partial charge < -0.3 is 19.7 Å². The van der Waals surface area contributed by atoms with Crippen LogP contribution in [-0.4, -0.2) is 65.8 Å². The van der Waals surface area contributed by atoms with Crippen LogP contribution >= 0.6 is 0 Å². The molecule has 0 amide bonds. The fraction of sp³-hybridized carbons (Fsp3) is 0.952. The van der Waals surface area contributed by atoms with Crippen molar-refractivity contribution in [1.82, 2.24) is 4.90 Å². The Bertz CT molecular complexity index is 406. The lowest BCUT2D eigenvalue weighted by Gasteiger charge is -2.41. The van der Waals surface area contributed by atoms with E-state index < -0.39 is 17.9 Å². The first kappa shape index (κ1) is 24.3. The van der Waals surface area contributed by atoms with E-state index in [1.165, 1.54) is 19.3 Å². The van der Waals surface area contributed by atoms with Gasteiger partial charge in [0.2, 0.25) is 0 Å². The van der Waals surface area contributed by atoms with E-state index in [4.69, 9.17) is 9.47 Å². The molecule has 0 unspecified atom stereocenters. The number of nitrogens with zero attached hydrogens (tertiary/aromatic N) is 1. The molecule has 160 valence electrons. The van der Waals surface area contributed by atoms with E-state index >= 15 is 0 Å². The van der Waals surface area contributed by atoms with Crippen LogP contribution in [0, 0.1) is 0 Å². The number of unbranched alkanes of at least 4 members (excludes halogenated alkanes) is 6. The van der Waals surface area contributed by atoms with Gasteiger partial charge in [0, 0.05) is 32.4 Å². The number of rotatable bonds is 15. The number of aliphatic hydroxyl groups excluding tert-OH is 2. The number of carbonyl (C=O) groups excluding carboxylic acids is 1. The quantitative estimate of drug-likeness (QED) is 0.255. The molecule has 0 radical (unpaired) electrons. The highest BCUT2D eigenvalue weighted by molar-refractivity contribution is 5.69. The maximum Gasteiger partial charge on any atom is 0.305 e. The molecule has 1 aliphatic carbocycles. The molecular weight excluding hydrogens is 346 g/mol. The van der Waals surface area contributed by atoms with Crippen molar-refractivity contribution in [2.24, 2.45) is 0 Å². The van der Waals surface area contributed by atoms with Crippen molar-refractivity contribution >= 4 is 5.97 Å². The lowest BCUT2D eigenvalue weighted by Crippen LogP contribution is -2.54. The van der Waals surface area contributed by atoms with Crippen molar-refractivity contribution in [3.8, 4) is 0 Å². The Kier molecular flexibility index (Phi) is 12.2. The molecule has 0 aliphatic heterocycles. The Labute approximate surface area is 165 Å². The molecule has 3 atom stereocenters. The highest BCUT2D eigenvalue weighted by atomic mass is 16.5. The lowest BCUT2D eigenvalue weighted by molar-refractivity contribution is -0.195. The van der Waals surface area contributed by atoms with Gasteiger partial charge in [-0.05, 0) is 33.2 Å². The van der Waals surface area contributed by atoms with Crippen LogP contribution in [0.1, 0.15) is 84.5 Å². The molecular formula is C21H41NO5. The summed E-state index contributed by atoms with van der Waals surface area (Å²) < 4.78 is 11.1. The van der Waals surface area contributed by atoms with Crippen molar-refractivity contribution in [3.05, 3.63) is 0 Å². The Morgan fingerprint density at radius 1 is 1.07 bits per heavy atom. The van der Waals surface area contributed by atoms with Gasteiger partial charge in [0.25, 0.3) is 0 Å². The van der Waals surface area contributed by atoms with Gasteiger partial charge in [-0.15, -0.1) is 0 Å². The van der Waals surface area contributed by atoms with Crippen molar-refractivity contribution in [2.45, 2.75) is 102 Å². The average molecular weight is 388 g/mol. The molecule has 0 bridgehead atoms. The van der Waals surface area contributed by atoms with Gasteiger partial charge in [-0.1, -0.05) is 39.0 Å². The molecule has 1 fully saturated rings. The van der Waals surface area contributed by atoms with Crippen LogP contribution in [0.15, 0.2) is 0 Å². The zero-order chi connectivity index (χ0) is 20.1. The fourth-order valence-corrected chi connectivity index (χ4v) is 3.85. The second kappa shape index (κ2) is 13.5. The first-order valence-corrected chi connectivity index (χ1v) is 10.8. The van der Waals surface area contributed by atoms with Gasteiger partial charge in [-0.2, -0.15) is 0 Å². The van der Waals surface area contributed by atoms with Crippen molar-refractivity contribution in [3.63, 3.8) is 0 Å². The van der Waals surface area contributed by atoms with E-state index in [1.54, 1.807) is 0 Å². The molecule has 0 aromatic heterocycles. The molecule has 0 aromatic rings. The Balaban J connectivity index is 2.40. The molecule has 0 spiro atoms. The molecule has 6 nitrogen and oxygen atoms in total. The fourth-order valence-electron chi connectivity index (χ4n) is 3.85. The van der Waals surface area contributed by atoms with E-state index in [0.29, 0.717) is 32.5 Å². The van der Waals surface area contributed by atoms with Crippen LogP contribution in [-0.2, 0) is 14.3 Å². The van der Waals surface area contributed by atoms with Gasteiger partial charge in [-0.25, -0.2) is 0 Å². The van der Waals surface area contributed by atoms with Gasteiger partial charge in [-0.3, -0.25) is 9.69 Å². The third-order valence-corrected chi connectivity index (χ3v) is 5.47. The summed E-state index contributed by atoms with van der Waals surface area (Å²) in [5, 5.41) is 20.6. The molecule has 2 N–H and O–H groups in total. The molecule has 27 heavy (non-hydrogen) atoms. The number of carbonyl (C=O) groups is 1. The molecule has 1 saturated carbocycles. The topological polar surface area (TPSA) is 79.2 Å². The predicted molar refractivity (Wildman–Crippen MR) is 106 cm³/mol. The standard InChI is InChI=1S/C21H41NO5/c1-4-6-7-8-12-15-27-21(17-18(23)16-19(21)24)22(3)14-11-9-10-13-20(25)26-5-2/h18-19,23-24H,4-17H2,1-3H3/t18-,19+,21-/m0/s1. The second-order valence-corrected chi connectivity index (χ2v) is 7.75. The van der Waals surface area contributed by atoms with Crippen LogP contribution in [0.3, 0.4) is 0 Å². The average Bonchev–Trinajstić information content (AvgIpc) is 2.92. The van der Waals surface area contributed by atoms with Crippen LogP contribution in [0.25, 0.3) is 0 Å². The lowest BCUT2D eigenvalue weighted by atomic mass is 10.1. The third-order valence-electron chi connectivity index (χ3n) is 5.47. The van der Waals surface area contributed by atoms with E-state index in [9.17, 15) is 15.0 Å². The van der Waals surface area contributed by atoms with Crippen molar-refractivity contribution in [2.75, 3.05) is 26.8 Å². The zero-order valence-corrected chi connectivity index (χ0v) is 17.6. The first-order chi connectivity index (χ1) is 13.0. The van der Waals surface area contributed by atoms with Crippen LogP contribution < -0.4 is 0 Å². The summed E-state index contributed by atoms with van der Waals surface area (Å²) in [4.78, 5) is 13.4. The first-order valence-electron chi connectivity index (χ1n) is 10.8. The minimum absolute atomic E-state index is 0.136. The summed E-state index contributed by atoms with van der Waals surface area (Å²) in [5.74, 6) is -0.136. The molecule has 0 aromatic carbocycles. The van der Waals surface area contributed by atoms with Crippen LogP contribution in [0.2, 0.25) is 0 Å². The summed E-state index contributed by atoms with van der Waals surface area (Å²) in [6, 6.07) is 0. The zero-order valence-electron chi connectivity index (χ0n) is 17.6. The Hall–Kier alpha value is -0.690. The highest BCUT2D eigenvalue weighted by Crippen LogP contribution is 2.37. The predicted octanol–water partition coefficient (Wildman–Crippen LogP) is 3.24. The summed E-state index contributed by atoms with van der Waals surface area (Å²) in [5.41, 5.74) is -0.786. The SMILES string of the molecule is CCCCCCCO[C@@]1(N(C)CCCCCC(=O)OCC)C[C@@H](O)C[C@H]1O. The number of hydrogen-bond donors (Lipinski definition) is 2.